The van der Waals surface area contributed by atoms with Gasteiger partial charge in [0.15, 0.2) is 23.0 Å². The highest BCUT2D eigenvalue weighted by Gasteiger charge is 2.26. The Morgan fingerprint density at radius 1 is 0.919 bits per heavy atom. The summed E-state index contributed by atoms with van der Waals surface area (Å²) in [6, 6.07) is 11.9. The summed E-state index contributed by atoms with van der Waals surface area (Å²) in [5.41, 5.74) is 2.14. The smallest absolute Gasteiger partial charge is 0.161 e. The molecule has 1 aliphatic rings. The molecule has 37 heavy (non-hydrogen) atoms. The van der Waals surface area contributed by atoms with Crippen molar-refractivity contribution in [1.29, 1.82) is 0 Å². The Morgan fingerprint density at radius 3 is 2.41 bits per heavy atom. The molecule has 0 saturated heterocycles. The lowest BCUT2D eigenvalue weighted by molar-refractivity contribution is 0.172. The van der Waals surface area contributed by atoms with Gasteiger partial charge in [-0.1, -0.05) is 44.4 Å². The number of fused-ring (bicyclic) bond motifs is 1. The highest BCUT2D eigenvalue weighted by Crippen LogP contribution is 2.36. The first-order valence-electron chi connectivity index (χ1n) is 13.4. The van der Waals surface area contributed by atoms with E-state index in [1.165, 1.54) is 44.1 Å². The van der Waals surface area contributed by atoms with Crippen LogP contribution in [0.5, 0.6) is 23.0 Å². The molecule has 3 rings (SSSR count). The largest absolute Gasteiger partial charge is 0.504 e. The van der Waals surface area contributed by atoms with E-state index in [2.05, 4.69) is 17.1 Å². The highest BCUT2D eigenvalue weighted by molar-refractivity contribution is 5.85. The molecule has 2 aromatic carbocycles. The lowest BCUT2D eigenvalue weighted by atomic mass is 9.86. The fourth-order valence-electron chi connectivity index (χ4n) is 4.97. The number of para-hydroxylation sites is 2. The van der Waals surface area contributed by atoms with Gasteiger partial charge in [-0.3, -0.25) is 0 Å². The molecule has 6 nitrogen and oxygen atoms in total. The van der Waals surface area contributed by atoms with Crippen LogP contribution in [0.3, 0.4) is 0 Å². The summed E-state index contributed by atoms with van der Waals surface area (Å²) in [6.07, 6.45) is 10.2. The van der Waals surface area contributed by atoms with E-state index >= 15 is 0 Å². The first kappa shape index (κ1) is 33.2. The van der Waals surface area contributed by atoms with E-state index < -0.39 is 0 Å². The summed E-state index contributed by atoms with van der Waals surface area (Å²) in [6.45, 7) is 7.03. The quantitative estimate of drug-likeness (QED) is 0.170. The molecular weight excluding hydrogens is 511 g/mol. The van der Waals surface area contributed by atoms with Crippen LogP contribution in [0, 0.1) is 0 Å². The van der Waals surface area contributed by atoms with Gasteiger partial charge in [-0.25, -0.2) is 0 Å². The van der Waals surface area contributed by atoms with Crippen molar-refractivity contribution in [3.63, 3.8) is 0 Å². The number of ether oxygens (including phenoxy) is 2. The predicted molar refractivity (Wildman–Crippen MR) is 156 cm³/mol. The Morgan fingerprint density at radius 2 is 1.65 bits per heavy atom. The van der Waals surface area contributed by atoms with Crippen LogP contribution in [-0.2, 0) is 12.8 Å². The maximum Gasteiger partial charge on any atom is 0.161 e. The first-order valence-corrected chi connectivity index (χ1v) is 13.4. The summed E-state index contributed by atoms with van der Waals surface area (Å²) in [4.78, 5) is 2.67. The molecule has 0 amide bonds. The fourth-order valence-corrected chi connectivity index (χ4v) is 4.97. The number of phenolic OH excluding ortho intramolecular Hbond substituents is 2. The van der Waals surface area contributed by atoms with Crippen LogP contribution in [0.15, 0.2) is 36.4 Å². The molecule has 8 heteroatoms. The molecule has 210 valence electrons. The van der Waals surface area contributed by atoms with Crippen LogP contribution in [0.25, 0.3) is 0 Å². The average molecular weight is 558 g/mol. The maximum absolute atomic E-state index is 10.2. The third-order valence-electron chi connectivity index (χ3n) is 7.01. The highest BCUT2D eigenvalue weighted by atomic mass is 35.5. The lowest BCUT2D eigenvalue weighted by Gasteiger charge is -2.35. The number of unbranched alkanes of at least 4 members (excludes halogenated alkanes) is 4. The van der Waals surface area contributed by atoms with Crippen molar-refractivity contribution in [2.24, 2.45) is 0 Å². The predicted octanol–water partition coefficient (Wildman–Crippen LogP) is 6.14. The van der Waals surface area contributed by atoms with Crippen LogP contribution in [0.4, 0.5) is 0 Å². The molecule has 1 aliphatic carbocycles. The first-order chi connectivity index (χ1) is 17.1. The average Bonchev–Trinajstić information content (AvgIpc) is 2.89. The van der Waals surface area contributed by atoms with Gasteiger partial charge in [0.2, 0.25) is 0 Å². The molecule has 0 fully saturated rings. The molecule has 0 unspecified atom stereocenters. The fraction of sp³-hybridized carbons (Fsp3) is 0.586. The number of benzene rings is 2. The van der Waals surface area contributed by atoms with Gasteiger partial charge in [0, 0.05) is 18.2 Å². The standard InChI is InChI=1S/C29H44N2O4.2ClH/c1-3-4-19-31(24-14-15-25-23(22-24)13-16-26(32)29(25)33)20-10-6-5-9-17-30-18-21-35-28-12-8-7-11-27(28)34-2;;/h7-8,11-13,16,24,30,32-33H,3-6,9-10,14-15,17-22H2,1-2H3;2*1H/t24-;;/m0../s1. The molecule has 0 aliphatic heterocycles. The zero-order valence-electron chi connectivity index (χ0n) is 22.4. The molecule has 0 spiro atoms. The number of hydrogen-bond acceptors (Lipinski definition) is 6. The minimum Gasteiger partial charge on any atom is -0.504 e. The van der Waals surface area contributed by atoms with Crippen LogP contribution in [-0.4, -0.2) is 61.1 Å². The second kappa shape index (κ2) is 18.4. The minimum atomic E-state index is 0. The van der Waals surface area contributed by atoms with Gasteiger partial charge < -0.3 is 29.9 Å². The van der Waals surface area contributed by atoms with Crippen molar-refractivity contribution in [2.45, 2.75) is 70.8 Å². The van der Waals surface area contributed by atoms with Crippen LogP contribution < -0.4 is 14.8 Å². The van der Waals surface area contributed by atoms with E-state index in [0.717, 1.165) is 62.5 Å². The Balaban J connectivity index is 0.00000342. The van der Waals surface area contributed by atoms with Crippen LogP contribution >= 0.6 is 24.8 Å². The van der Waals surface area contributed by atoms with Crippen molar-refractivity contribution in [3.05, 3.63) is 47.5 Å². The molecule has 0 heterocycles. The van der Waals surface area contributed by atoms with Gasteiger partial charge in [-0.15, -0.1) is 24.8 Å². The number of nitrogens with zero attached hydrogens (tertiary/aromatic N) is 1. The Kier molecular flexibility index (Phi) is 16.5. The zero-order valence-corrected chi connectivity index (χ0v) is 24.0. The third kappa shape index (κ3) is 10.4. The van der Waals surface area contributed by atoms with E-state index in [4.69, 9.17) is 9.47 Å². The van der Waals surface area contributed by atoms with E-state index in [9.17, 15) is 10.2 Å². The number of aromatic hydroxyl groups is 2. The summed E-state index contributed by atoms with van der Waals surface area (Å²) >= 11 is 0. The Labute approximate surface area is 235 Å². The molecule has 2 aromatic rings. The van der Waals surface area contributed by atoms with Crippen LogP contribution in [0.1, 0.15) is 63.0 Å². The zero-order chi connectivity index (χ0) is 24.9. The number of rotatable bonds is 16. The van der Waals surface area contributed by atoms with E-state index in [1.54, 1.807) is 13.2 Å². The van der Waals surface area contributed by atoms with Crippen molar-refractivity contribution in [2.75, 3.05) is 39.9 Å². The van der Waals surface area contributed by atoms with Gasteiger partial charge in [-0.05, 0) is 81.9 Å². The second-order valence-electron chi connectivity index (χ2n) is 9.52. The third-order valence-corrected chi connectivity index (χ3v) is 7.01. The van der Waals surface area contributed by atoms with E-state index in [1.807, 2.05) is 30.3 Å². The van der Waals surface area contributed by atoms with Gasteiger partial charge in [0.25, 0.3) is 0 Å². The van der Waals surface area contributed by atoms with Crippen molar-refractivity contribution in [1.82, 2.24) is 10.2 Å². The number of nitrogens with one attached hydrogen (secondary N) is 1. The van der Waals surface area contributed by atoms with Gasteiger partial charge in [0.1, 0.15) is 6.61 Å². The maximum atomic E-state index is 10.2. The summed E-state index contributed by atoms with van der Waals surface area (Å²) in [5, 5.41) is 23.5. The molecule has 3 N–H and O–H groups in total. The van der Waals surface area contributed by atoms with Gasteiger partial charge in [0.05, 0.1) is 7.11 Å². The molecule has 1 atom stereocenters. The molecule has 0 bridgehead atoms. The number of halogens is 2. The van der Waals surface area contributed by atoms with Crippen molar-refractivity contribution < 1.29 is 19.7 Å². The van der Waals surface area contributed by atoms with Crippen molar-refractivity contribution in [3.8, 4) is 23.0 Å². The number of methoxy groups -OCH3 is 1. The Hall–Kier alpha value is -1.86. The minimum absolute atomic E-state index is 0. The summed E-state index contributed by atoms with van der Waals surface area (Å²) in [5.74, 6) is 1.65. The topological polar surface area (TPSA) is 74.2 Å². The second-order valence-corrected chi connectivity index (χ2v) is 9.52. The van der Waals surface area contributed by atoms with E-state index in [-0.39, 0.29) is 36.3 Å². The molecule has 0 radical (unpaired) electrons. The van der Waals surface area contributed by atoms with E-state index in [0.29, 0.717) is 12.6 Å². The van der Waals surface area contributed by atoms with Gasteiger partial charge >= 0.3 is 0 Å². The number of hydrogen-bond donors (Lipinski definition) is 3. The van der Waals surface area contributed by atoms with Gasteiger partial charge in [-0.2, -0.15) is 0 Å². The van der Waals surface area contributed by atoms with Crippen LogP contribution in [0.2, 0.25) is 0 Å². The lowest BCUT2D eigenvalue weighted by Crippen LogP contribution is -2.40. The van der Waals surface area contributed by atoms with Crippen molar-refractivity contribution >= 4 is 24.8 Å². The molecule has 0 saturated carbocycles. The SMILES string of the molecule is CCCCN(CCCCCCNCCOc1ccccc1OC)[C@H]1CCc2c(ccc(O)c2O)C1.Cl.Cl. The molecular formula is C29H46Cl2N2O4. The molecule has 0 aromatic heterocycles. The number of phenols is 2. The summed E-state index contributed by atoms with van der Waals surface area (Å²) < 4.78 is 11.1. The Bertz CT molecular complexity index is 900. The normalized spacial score (nSPS) is 14.4. The monoisotopic (exact) mass is 556 g/mol. The summed E-state index contributed by atoms with van der Waals surface area (Å²) in [7, 11) is 1.66.